The summed E-state index contributed by atoms with van der Waals surface area (Å²) in [7, 11) is 0. The van der Waals surface area contributed by atoms with Gasteiger partial charge in [-0.2, -0.15) is 0 Å². The Labute approximate surface area is 78.8 Å². The summed E-state index contributed by atoms with van der Waals surface area (Å²) in [4.78, 5) is 11.8. The molecule has 2 unspecified atom stereocenters. The molecule has 0 saturated heterocycles. The van der Waals surface area contributed by atoms with Gasteiger partial charge < -0.3 is 0 Å². The maximum absolute atomic E-state index is 11.8. The first-order chi connectivity index (χ1) is 6.29. The third-order valence-corrected chi connectivity index (χ3v) is 3.01. The van der Waals surface area contributed by atoms with E-state index in [-0.39, 0.29) is 0 Å². The molecule has 1 aromatic rings. The third kappa shape index (κ3) is 1.51. The second-order valence-electron chi connectivity index (χ2n) is 3.89. The molecule has 0 spiro atoms. The van der Waals surface area contributed by atoms with Crippen LogP contribution in [0.5, 0.6) is 0 Å². The van der Waals surface area contributed by atoms with Crippen LogP contribution < -0.4 is 0 Å². The smallest absolute Gasteiger partial charge is 0.166 e. The number of Topliss-reactive ketones (excluding diaryl/α,β-unsaturated/α-hetero) is 1. The Kier molecular flexibility index (Phi) is 2.17. The van der Waals surface area contributed by atoms with Crippen LogP contribution >= 0.6 is 0 Å². The second-order valence-corrected chi connectivity index (χ2v) is 3.89. The number of rotatable bonds is 2. The number of hydrogen-bond acceptors (Lipinski definition) is 1. The number of ketones is 1. The van der Waals surface area contributed by atoms with Crippen molar-refractivity contribution in [3.63, 3.8) is 0 Å². The summed E-state index contributed by atoms with van der Waals surface area (Å²) < 4.78 is 0. The summed E-state index contributed by atoms with van der Waals surface area (Å²) in [6, 6.07) is 9.62. The van der Waals surface area contributed by atoms with Crippen LogP contribution in [0.2, 0.25) is 0 Å². The van der Waals surface area contributed by atoms with Gasteiger partial charge in [-0.25, -0.2) is 0 Å². The highest BCUT2D eigenvalue weighted by molar-refractivity contribution is 5.98. The average Bonchev–Trinajstić information content (AvgIpc) is 2.17. The van der Waals surface area contributed by atoms with Crippen molar-refractivity contribution >= 4 is 5.78 Å². The van der Waals surface area contributed by atoms with E-state index in [1.165, 1.54) is 6.42 Å². The van der Waals surface area contributed by atoms with Crippen LogP contribution in [-0.2, 0) is 0 Å². The van der Waals surface area contributed by atoms with E-state index in [1.54, 1.807) is 0 Å². The van der Waals surface area contributed by atoms with Gasteiger partial charge in [-0.15, -0.1) is 0 Å². The van der Waals surface area contributed by atoms with Gasteiger partial charge in [-0.1, -0.05) is 37.3 Å². The molecule has 2 atom stereocenters. The van der Waals surface area contributed by atoms with Crippen molar-refractivity contribution < 1.29 is 4.79 Å². The van der Waals surface area contributed by atoms with Crippen LogP contribution in [0, 0.1) is 11.8 Å². The molecule has 0 radical (unpaired) electrons. The maximum Gasteiger partial charge on any atom is 0.166 e. The third-order valence-electron chi connectivity index (χ3n) is 3.01. The number of benzene rings is 1. The van der Waals surface area contributed by atoms with Crippen LogP contribution in [0.3, 0.4) is 0 Å². The molecule has 2 rings (SSSR count). The van der Waals surface area contributed by atoms with Crippen LogP contribution in [0.25, 0.3) is 0 Å². The van der Waals surface area contributed by atoms with Gasteiger partial charge in [-0.05, 0) is 18.8 Å². The molecule has 0 amide bonds. The van der Waals surface area contributed by atoms with Crippen LogP contribution in [0.1, 0.15) is 30.1 Å². The molecule has 1 aromatic carbocycles. The van der Waals surface area contributed by atoms with Crippen LogP contribution in [-0.4, -0.2) is 5.78 Å². The minimum absolute atomic E-state index is 0.294. The Morgan fingerprint density at radius 1 is 1.23 bits per heavy atom. The monoisotopic (exact) mass is 174 g/mol. The lowest BCUT2D eigenvalue weighted by atomic mass is 9.71. The molecule has 0 bridgehead atoms. The summed E-state index contributed by atoms with van der Waals surface area (Å²) in [6.07, 6.45) is 2.29. The Morgan fingerprint density at radius 3 is 2.38 bits per heavy atom. The number of hydrogen-bond donors (Lipinski definition) is 0. The van der Waals surface area contributed by atoms with Crippen LogP contribution in [0.4, 0.5) is 0 Å². The van der Waals surface area contributed by atoms with Gasteiger partial charge in [0.05, 0.1) is 0 Å². The highest BCUT2D eigenvalue weighted by Gasteiger charge is 2.33. The molecular formula is C12H14O. The molecule has 1 nitrogen and oxygen atoms in total. The fraction of sp³-hybridized carbons (Fsp3) is 0.417. The lowest BCUT2D eigenvalue weighted by Gasteiger charge is -2.32. The first-order valence-corrected chi connectivity index (χ1v) is 4.88. The van der Waals surface area contributed by atoms with E-state index in [4.69, 9.17) is 0 Å². The van der Waals surface area contributed by atoms with E-state index in [1.807, 2.05) is 30.3 Å². The molecule has 1 saturated carbocycles. The van der Waals surface area contributed by atoms with Gasteiger partial charge >= 0.3 is 0 Å². The fourth-order valence-corrected chi connectivity index (χ4v) is 1.87. The Balaban J connectivity index is 2.14. The molecule has 68 valence electrons. The Morgan fingerprint density at radius 2 is 1.92 bits per heavy atom. The maximum atomic E-state index is 11.8. The van der Waals surface area contributed by atoms with Gasteiger partial charge in [0.25, 0.3) is 0 Å². The normalized spacial score (nSPS) is 26.5. The Hall–Kier alpha value is -1.11. The van der Waals surface area contributed by atoms with E-state index in [2.05, 4.69) is 6.92 Å². The zero-order valence-corrected chi connectivity index (χ0v) is 7.86. The topological polar surface area (TPSA) is 17.1 Å². The summed E-state index contributed by atoms with van der Waals surface area (Å²) in [5.41, 5.74) is 0.874. The first kappa shape index (κ1) is 8.49. The summed E-state index contributed by atoms with van der Waals surface area (Å²) in [5.74, 6) is 1.22. The van der Waals surface area contributed by atoms with Crippen molar-refractivity contribution in [2.24, 2.45) is 11.8 Å². The zero-order valence-electron chi connectivity index (χ0n) is 7.86. The zero-order chi connectivity index (χ0) is 9.26. The lowest BCUT2D eigenvalue weighted by molar-refractivity contribution is 0.0763. The summed E-state index contributed by atoms with van der Waals surface area (Å²) in [6.45, 7) is 2.16. The van der Waals surface area contributed by atoms with E-state index < -0.39 is 0 Å². The SMILES string of the molecule is CC1CCC1C(=O)c1ccccc1. The predicted octanol–water partition coefficient (Wildman–Crippen LogP) is 2.92. The van der Waals surface area contributed by atoms with E-state index >= 15 is 0 Å². The molecule has 1 aliphatic rings. The average molecular weight is 174 g/mol. The lowest BCUT2D eigenvalue weighted by Crippen LogP contribution is -2.30. The molecule has 0 aromatic heterocycles. The van der Waals surface area contributed by atoms with Crippen molar-refractivity contribution in [3.8, 4) is 0 Å². The molecule has 1 fully saturated rings. The van der Waals surface area contributed by atoms with Crippen molar-refractivity contribution in [2.75, 3.05) is 0 Å². The predicted molar refractivity (Wildman–Crippen MR) is 52.7 cm³/mol. The Bertz CT molecular complexity index is 302. The summed E-state index contributed by atoms with van der Waals surface area (Å²) in [5, 5.41) is 0. The van der Waals surface area contributed by atoms with Crippen molar-refractivity contribution in [2.45, 2.75) is 19.8 Å². The highest BCUT2D eigenvalue weighted by atomic mass is 16.1. The molecule has 0 heterocycles. The van der Waals surface area contributed by atoms with Gasteiger partial charge in [0, 0.05) is 11.5 Å². The van der Waals surface area contributed by atoms with Gasteiger partial charge in [0.1, 0.15) is 0 Å². The van der Waals surface area contributed by atoms with Crippen LogP contribution in [0.15, 0.2) is 30.3 Å². The van der Waals surface area contributed by atoms with Crippen molar-refractivity contribution in [1.29, 1.82) is 0 Å². The number of carbonyl (C=O) groups excluding carboxylic acids is 1. The van der Waals surface area contributed by atoms with E-state index in [9.17, 15) is 4.79 Å². The van der Waals surface area contributed by atoms with Gasteiger partial charge in [0.15, 0.2) is 5.78 Å². The number of carbonyl (C=O) groups is 1. The molecule has 1 aliphatic carbocycles. The molecular weight excluding hydrogens is 160 g/mol. The van der Waals surface area contributed by atoms with E-state index in [0.29, 0.717) is 17.6 Å². The molecule has 13 heavy (non-hydrogen) atoms. The molecule has 1 heteroatoms. The second kappa shape index (κ2) is 3.33. The molecule has 0 aliphatic heterocycles. The molecule has 0 N–H and O–H groups in total. The summed E-state index contributed by atoms with van der Waals surface area (Å²) >= 11 is 0. The van der Waals surface area contributed by atoms with Gasteiger partial charge in [-0.3, -0.25) is 4.79 Å². The largest absolute Gasteiger partial charge is 0.294 e. The quantitative estimate of drug-likeness (QED) is 0.630. The minimum atomic E-state index is 0.294. The first-order valence-electron chi connectivity index (χ1n) is 4.88. The van der Waals surface area contributed by atoms with Gasteiger partial charge in [0.2, 0.25) is 0 Å². The van der Waals surface area contributed by atoms with Crippen molar-refractivity contribution in [1.82, 2.24) is 0 Å². The minimum Gasteiger partial charge on any atom is -0.294 e. The highest BCUT2D eigenvalue weighted by Crippen LogP contribution is 2.35. The van der Waals surface area contributed by atoms with Crippen molar-refractivity contribution in [3.05, 3.63) is 35.9 Å². The fourth-order valence-electron chi connectivity index (χ4n) is 1.87. The standard InChI is InChI=1S/C12H14O/c1-9-7-8-11(9)12(13)10-5-3-2-4-6-10/h2-6,9,11H,7-8H2,1H3. The van der Waals surface area contributed by atoms with E-state index in [0.717, 1.165) is 12.0 Å².